The van der Waals surface area contributed by atoms with Gasteiger partial charge in [-0.15, -0.1) is 0 Å². The molecule has 2 bridgehead atoms. The second kappa shape index (κ2) is 6.47. The van der Waals surface area contributed by atoms with Gasteiger partial charge in [0.05, 0.1) is 11.5 Å². The fraction of sp³-hybridized carbons (Fsp3) is 0.579. The topological polar surface area (TPSA) is 77.3 Å². The van der Waals surface area contributed by atoms with Crippen molar-refractivity contribution in [2.75, 3.05) is 19.6 Å². The maximum atomic E-state index is 12.8. The highest BCUT2D eigenvalue weighted by Gasteiger charge is 2.43. The van der Waals surface area contributed by atoms with Gasteiger partial charge in [0.25, 0.3) is 5.91 Å². The molecule has 3 saturated heterocycles. The molecule has 0 unspecified atom stereocenters. The maximum absolute atomic E-state index is 12.8. The molecule has 2 amide bonds. The van der Waals surface area contributed by atoms with Gasteiger partial charge in [0, 0.05) is 31.9 Å². The standard InChI is InChI=1S/C19H22N4O2/c20-8-16-6-4-14(9-21-16)18(24)22-11-15-5-7-17(12-22)23(19(15)25)10-13-2-1-3-13/h4,6,9,13,15,17H,1-3,5,7,10-12H2/t15-,17+/m0/s1. The highest BCUT2D eigenvalue weighted by atomic mass is 16.2. The van der Waals surface area contributed by atoms with E-state index in [0.717, 1.165) is 19.4 Å². The van der Waals surface area contributed by atoms with Crippen LogP contribution in [0.15, 0.2) is 18.3 Å². The van der Waals surface area contributed by atoms with Crippen molar-refractivity contribution in [2.45, 2.75) is 38.1 Å². The quantitative estimate of drug-likeness (QED) is 0.842. The molecule has 6 nitrogen and oxygen atoms in total. The van der Waals surface area contributed by atoms with Crippen molar-refractivity contribution in [2.24, 2.45) is 11.8 Å². The maximum Gasteiger partial charge on any atom is 0.255 e. The first kappa shape index (κ1) is 16.1. The van der Waals surface area contributed by atoms with Gasteiger partial charge in [0.2, 0.25) is 5.91 Å². The predicted octanol–water partition coefficient (Wildman–Crippen LogP) is 1.82. The van der Waals surface area contributed by atoms with Gasteiger partial charge in [-0.05, 0) is 43.7 Å². The molecule has 4 heterocycles. The SMILES string of the molecule is N#Cc1ccc(C(=O)N2C[C@@H]3CC[C@H](C2)N(CC2CCC2)C3=O)cn1. The third kappa shape index (κ3) is 2.99. The number of nitrogens with zero attached hydrogens (tertiary/aromatic N) is 4. The van der Waals surface area contributed by atoms with Crippen molar-refractivity contribution in [3.63, 3.8) is 0 Å². The molecule has 1 aliphatic carbocycles. The van der Waals surface area contributed by atoms with Crippen LogP contribution in [0.5, 0.6) is 0 Å². The molecule has 1 saturated carbocycles. The number of nitriles is 1. The van der Waals surface area contributed by atoms with Crippen molar-refractivity contribution in [1.82, 2.24) is 14.8 Å². The Labute approximate surface area is 147 Å². The third-order valence-corrected chi connectivity index (χ3v) is 5.89. The predicted molar refractivity (Wildman–Crippen MR) is 90.4 cm³/mol. The van der Waals surface area contributed by atoms with Crippen LogP contribution in [0.3, 0.4) is 0 Å². The molecular weight excluding hydrogens is 316 g/mol. The summed E-state index contributed by atoms with van der Waals surface area (Å²) in [5.74, 6) is 0.716. The van der Waals surface area contributed by atoms with Crippen LogP contribution in [-0.2, 0) is 4.79 Å². The molecule has 1 aromatic heterocycles. The van der Waals surface area contributed by atoms with Gasteiger partial charge < -0.3 is 9.80 Å². The number of carbonyl (C=O) groups excluding carboxylic acids is 2. The minimum absolute atomic E-state index is 0.0749. The summed E-state index contributed by atoms with van der Waals surface area (Å²) in [7, 11) is 0. The largest absolute Gasteiger partial charge is 0.337 e. The van der Waals surface area contributed by atoms with Gasteiger partial charge >= 0.3 is 0 Å². The molecule has 2 atom stereocenters. The molecule has 4 aliphatic rings. The Balaban J connectivity index is 1.51. The molecule has 0 aromatic carbocycles. The molecule has 0 spiro atoms. The summed E-state index contributed by atoms with van der Waals surface area (Å²) in [6.45, 7) is 1.96. The molecule has 5 rings (SSSR count). The lowest BCUT2D eigenvalue weighted by atomic mass is 9.83. The molecule has 25 heavy (non-hydrogen) atoms. The van der Waals surface area contributed by atoms with E-state index >= 15 is 0 Å². The monoisotopic (exact) mass is 338 g/mol. The lowest BCUT2D eigenvalue weighted by Gasteiger charge is -2.40. The minimum Gasteiger partial charge on any atom is -0.337 e. The lowest BCUT2D eigenvalue weighted by molar-refractivity contribution is -0.141. The number of carbonyl (C=O) groups is 2. The Kier molecular flexibility index (Phi) is 4.16. The van der Waals surface area contributed by atoms with E-state index in [1.165, 1.54) is 25.5 Å². The van der Waals surface area contributed by atoms with Crippen LogP contribution in [0.1, 0.15) is 48.2 Å². The third-order valence-electron chi connectivity index (χ3n) is 5.89. The summed E-state index contributed by atoms with van der Waals surface area (Å²) >= 11 is 0. The first-order valence-corrected chi connectivity index (χ1v) is 9.11. The summed E-state index contributed by atoms with van der Waals surface area (Å²) in [4.78, 5) is 33.5. The summed E-state index contributed by atoms with van der Waals surface area (Å²) in [6.07, 6.45) is 7.04. The van der Waals surface area contributed by atoms with E-state index in [9.17, 15) is 9.59 Å². The number of hydrogen-bond donors (Lipinski definition) is 0. The van der Waals surface area contributed by atoms with Crippen LogP contribution < -0.4 is 0 Å². The van der Waals surface area contributed by atoms with E-state index in [0.29, 0.717) is 30.3 Å². The summed E-state index contributed by atoms with van der Waals surface area (Å²) in [5, 5.41) is 8.84. The Hall–Kier alpha value is -2.42. The number of aromatic nitrogens is 1. The van der Waals surface area contributed by atoms with Gasteiger partial charge in [-0.25, -0.2) is 4.98 Å². The molecule has 0 N–H and O–H groups in total. The highest BCUT2D eigenvalue weighted by molar-refractivity contribution is 5.94. The van der Waals surface area contributed by atoms with Gasteiger partial charge in [-0.3, -0.25) is 9.59 Å². The van der Waals surface area contributed by atoms with Gasteiger partial charge in [-0.2, -0.15) is 5.26 Å². The Bertz CT molecular complexity index is 720. The number of amides is 2. The molecular formula is C19H22N4O2. The van der Waals surface area contributed by atoms with Crippen LogP contribution in [0.4, 0.5) is 0 Å². The molecule has 0 radical (unpaired) electrons. The summed E-state index contributed by atoms with van der Waals surface area (Å²) in [5.41, 5.74) is 0.785. The molecule has 3 aliphatic heterocycles. The van der Waals surface area contributed by atoms with Gasteiger partial charge in [-0.1, -0.05) is 6.42 Å². The minimum atomic E-state index is -0.0906. The van der Waals surface area contributed by atoms with Gasteiger partial charge in [0.1, 0.15) is 11.8 Å². The van der Waals surface area contributed by atoms with E-state index in [2.05, 4.69) is 9.88 Å². The molecule has 1 aromatic rings. The van der Waals surface area contributed by atoms with E-state index in [1.54, 1.807) is 12.1 Å². The second-order valence-corrected chi connectivity index (χ2v) is 7.47. The zero-order chi connectivity index (χ0) is 17.4. The Morgan fingerprint density at radius 3 is 2.72 bits per heavy atom. The molecule has 130 valence electrons. The van der Waals surface area contributed by atoms with Crippen molar-refractivity contribution in [3.8, 4) is 6.07 Å². The second-order valence-electron chi connectivity index (χ2n) is 7.47. The summed E-state index contributed by atoms with van der Waals surface area (Å²) < 4.78 is 0. The van der Waals surface area contributed by atoms with Crippen LogP contribution >= 0.6 is 0 Å². The Morgan fingerprint density at radius 1 is 1.24 bits per heavy atom. The van der Waals surface area contributed by atoms with E-state index in [4.69, 9.17) is 5.26 Å². The average Bonchev–Trinajstić information content (AvgIpc) is 2.89. The van der Waals surface area contributed by atoms with Gasteiger partial charge in [0.15, 0.2) is 0 Å². The van der Waals surface area contributed by atoms with Crippen molar-refractivity contribution < 1.29 is 9.59 Å². The molecule has 6 heteroatoms. The van der Waals surface area contributed by atoms with E-state index in [1.807, 2.05) is 11.0 Å². The number of fused-ring (bicyclic) bond motifs is 4. The smallest absolute Gasteiger partial charge is 0.255 e. The fourth-order valence-corrected chi connectivity index (χ4v) is 4.17. The highest BCUT2D eigenvalue weighted by Crippen LogP contribution is 2.34. The average molecular weight is 338 g/mol. The van der Waals surface area contributed by atoms with Crippen molar-refractivity contribution in [3.05, 3.63) is 29.6 Å². The number of piperidine rings is 1. The van der Waals surface area contributed by atoms with Crippen LogP contribution in [0.2, 0.25) is 0 Å². The van der Waals surface area contributed by atoms with Crippen LogP contribution in [-0.4, -0.2) is 52.3 Å². The molecule has 4 fully saturated rings. The summed E-state index contributed by atoms with van der Waals surface area (Å²) in [6, 6.07) is 5.31. The van der Waals surface area contributed by atoms with Crippen LogP contribution in [0, 0.1) is 23.2 Å². The number of pyridine rings is 1. The van der Waals surface area contributed by atoms with Crippen molar-refractivity contribution >= 4 is 11.8 Å². The first-order valence-electron chi connectivity index (χ1n) is 9.11. The first-order chi connectivity index (χ1) is 12.2. The van der Waals surface area contributed by atoms with Crippen molar-refractivity contribution in [1.29, 1.82) is 5.26 Å². The lowest BCUT2D eigenvalue weighted by Crippen LogP contribution is -2.50. The zero-order valence-corrected chi connectivity index (χ0v) is 14.2. The number of hydrogen-bond acceptors (Lipinski definition) is 4. The normalized spacial score (nSPS) is 26.1. The number of rotatable bonds is 3. The fourth-order valence-electron chi connectivity index (χ4n) is 4.17. The van der Waals surface area contributed by atoms with Crippen LogP contribution in [0.25, 0.3) is 0 Å². The van der Waals surface area contributed by atoms with E-state index in [-0.39, 0.29) is 23.8 Å². The Morgan fingerprint density at radius 2 is 2.08 bits per heavy atom. The van der Waals surface area contributed by atoms with E-state index < -0.39 is 0 Å². The zero-order valence-electron chi connectivity index (χ0n) is 14.2.